The van der Waals surface area contributed by atoms with Crippen LogP contribution in [-0.2, 0) is 12.8 Å². The van der Waals surface area contributed by atoms with Gasteiger partial charge in [-0.25, -0.2) is 4.68 Å². The average molecular weight is 302 g/mol. The molecule has 0 radical (unpaired) electrons. The molecular weight excluding hydrogens is 293 g/mol. The largest absolute Gasteiger partial charge is 0.435 e. The summed E-state index contributed by atoms with van der Waals surface area (Å²) in [6, 6.07) is 3.46. The van der Waals surface area contributed by atoms with Crippen LogP contribution in [0.5, 0.6) is 0 Å². The summed E-state index contributed by atoms with van der Waals surface area (Å²) in [4.78, 5) is 10.0. The van der Waals surface area contributed by atoms with E-state index in [-0.39, 0.29) is 11.4 Å². The van der Waals surface area contributed by atoms with Crippen molar-refractivity contribution in [2.24, 2.45) is 0 Å². The van der Waals surface area contributed by atoms with Crippen molar-refractivity contribution in [1.29, 1.82) is 0 Å². The molecule has 0 unspecified atom stereocenters. The molecule has 0 atom stereocenters. The van der Waals surface area contributed by atoms with Crippen LogP contribution in [0.2, 0.25) is 0 Å². The number of nitrogens with zero attached hydrogens (tertiary/aromatic N) is 4. The molecule has 1 aromatic carbocycles. The summed E-state index contributed by atoms with van der Waals surface area (Å²) < 4.78 is 39.6. The molecule has 21 heavy (non-hydrogen) atoms. The molecule has 0 aliphatic rings. The summed E-state index contributed by atoms with van der Waals surface area (Å²) in [6.07, 6.45) is -4.81. The number of hydrogen-bond donors (Lipinski definition) is 1. The lowest BCUT2D eigenvalue weighted by molar-refractivity contribution is -0.384. The van der Waals surface area contributed by atoms with E-state index in [0.29, 0.717) is 10.2 Å². The third kappa shape index (κ3) is 2.70. The number of nitro benzene ring substituents is 1. The molecule has 1 N–H and O–H groups in total. The van der Waals surface area contributed by atoms with Crippen LogP contribution in [0.15, 0.2) is 18.2 Å². The van der Waals surface area contributed by atoms with Crippen molar-refractivity contribution in [3.63, 3.8) is 0 Å². The minimum Gasteiger partial charge on any atom is -0.390 e. The van der Waals surface area contributed by atoms with Gasteiger partial charge in [0.05, 0.1) is 17.2 Å². The van der Waals surface area contributed by atoms with E-state index >= 15 is 0 Å². The van der Waals surface area contributed by atoms with Gasteiger partial charge in [0.15, 0.2) is 5.69 Å². The number of halogens is 3. The first kappa shape index (κ1) is 14.9. The Bertz CT molecular complexity index is 697. The first-order chi connectivity index (χ1) is 9.75. The minimum absolute atomic E-state index is 0.122. The van der Waals surface area contributed by atoms with Crippen LogP contribution in [0, 0.1) is 17.0 Å². The van der Waals surface area contributed by atoms with Crippen LogP contribution in [0.1, 0.15) is 17.0 Å². The number of aliphatic hydroxyl groups is 1. The molecule has 0 bridgehead atoms. The molecule has 2 rings (SSSR count). The molecular formula is C11H9F3N4O3. The van der Waals surface area contributed by atoms with Crippen LogP contribution in [0.3, 0.4) is 0 Å². The first-order valence-corrected chi connectivity index (χ1v) is 5.63. The van der Waals surface area contributed by atoms with E-state index in [1.807, 2.05) is 0 Å². The maximum absolute atomic E-state index is 13.1. The van der Waals surface area contributed by atoms with E-state index in [0.717, 1.165) is 6.07 Å². The summed E-state index contributed by atoms with van der Waals surface area (Å²) in [6.45, 7) is 0.544. The molecule has 0 saturated carbocycles. The van der Waals surface area contributed by atoms with E-state index in [1.165, 1.54) is 19.1 Å². The van der Waals surface area contributed by atoms with Gasteiger partial charge in [-0.3, -0.25) is 10.1 Å². The molecule has 112 valence electrons. The molecule has 7 nitrogen and oxygen atoms in total. The molecule has 0 spiro atoms. The lowest BCUT2D eigenvalue weighted by atomic mass is 10.1. The maximum Gasteiger partial charge on any atom is 0.435 e. The lowest BCUT2D eigenvalue weighted by Crippen LogP contribution is -2.16. The SMILES string of the molecule is Cc1ccc([N+](=O)[O-])cc1-n1nnc(CO)c1C(F)(F)F. The highest BCUT2D eigenvalue weighted by Crippen LogP contribution is 2.34. The minimum atomic E-state index is -4.81. The van der Waals surface area contributed by atoms with E-state index in [4.69, 9.17) is 5.11 Å². The highest BCUT2D eigenvalue weighted by Gasteiger charge is 2.40. The molecule has 1 aromatic heterocycles. The van der Waals surface area contributed by atoms with Crippen LogP contribution < -0.4 is 0 Å². The Kier molecular flexibility index (Phi) is 3.64. The van der Waals surface area contributed by atoms with Crippen molar-refractivity contribution in [2.75, 3.05) is 0 Å². The van der Waals surface area contributed by atoms with E-state index < -0.39 is 29.1 Å². The van der Waals surface area contributed by atoms with E-state index in [2.05, 4.69) is 10.3 Å². The zero-order valence-corrected chi connectivity index (χ0v) is 10.6. The normalized spacial score (nSPS) is 11.7. The Morgan fingerprint density at radius 2 is 2.10 bits per heavy atom. The Morgan fingerprint density at radius 1 is 1.43 bits per heavy atom. The molecule has 1 heterocycles. The van der Waals surface area contributed by atoms with Gasteiger partial charge in [0.1, 0.15) is 5.69 Å². The van der Waals surface area contributed by atoms with Crippen LogP contribution in [0.4, 0.5) is 18.9 Å². The summed E-state index contributed by atoms with van der Waals surface area (Å²) in [7, 11) is 0. The summed E-state index contributed by atoms with van der Waals surface area (Å²) in [5.41, 5.74) is -2.05. The first-order valence-electron chi connectivity index (χ1n) is 5.63. The zero-order chi connectivity index (χ0) is 15.8. The molecule has 0 saturated heterocycles. The number of nitro groups is 1. The monoisotopic (exact) mass is 302 g/mol. The smallest absolute Gasteiger partial charge is 0.390 e. The fourth-order valence-corrected chi connectivity index (χ4v) is 1.81. The zero-order valence-electron chi connectivity index (χ0n) is 10.6. The summed E-state index contributed by atoms with van der Waals surface area (Å²) >= 11 is 0. The standard InChI is InChI=1S/C11H9F3N4O3/c1-6-2-3-7(18(20)21)4-9(6)17-10(11(12,13)14)8(5-19)15-16-17/h2-4,19H,5H2,1H3. The van der Waals surface area contributed by atoms with Gasteiger partial charge in [-0.2, -0.15) is 13.2 Å². The van der Waals surface area contributed by atoms with Gasteiger partial charge in [0.25, 0.3) is 5.69 Å². The Morgan fingerprint density at radius 3 is 2.62 bits per heavy atom. The van der Waals surface area contributed by atoms with Gasteiger partial charge >= 0.3 is 6.18 Å². The fraction of sp³-hybridized carbons (Fsp3) is 0.273. The Labute approximate surface area is 115 Å². The number of alkyl halides is 3. The van der Waals surface area contributed by atoms with Crippen molar-refractivity contribution in [3.05, 3.63) is 45.3 Å². The number of rotatable bonds is 3. The molecule has 0 aliphatic carbocycles. The molecule has 2 aromatic rings. The fourth-order valence-electron chi connectivity index (χ4n) is 1.81. The average Bonchev–Trinajstić information content (AvgIpc) is 2.82. The molecule has 10 heteroatoms. The maximum atomic E-state index is 13.1. The van der Waals surface area contributed by atoms with Gasteiger partial charge in [-0.15, -0.1) is 5.10 Å². The second-order valence-corrected chi connectivity index (χ2v) is 4.18. The lowest BCUT2D eigenvalue weighted by Gasteiger charge is -2.12. The topological polar surface area (TPSA) is 94.1 Å². The van der Waals surface area contributed by atoms with Crippen molar-refractivity contribution in [1.82, 2.24) is 15.0 Å². The number of non-ortho nitro benzene ring substituents is 1. The number of aryl methyl sites for hydroxylation is 1. The van der Waals surface area contributed by atoms with Gasteiger partial charge < -0.3 is 5.11 Å². The van der Waals surface area contributed by atoms with Crippen LogP contribution in [0.25, 0.3) is 5.69 Å². The summed E-state index contributed by atoms with van der Waals surface area (Å²) in [5.74, 6) is 0. The second kappa shape index (κ2) is 5.13. The number of benzene rings is 1. The number of aliphatic hydroxyl groups excluding tert-OH is 1. The van der Waals surface area contributed by atoms with Crippen molar-refractivity contribution < 1.29 is 23.2 Å². The second-order valence-electron chi connectivity index (χ2n) is 4.18. The summed E-state index contributed by atoms with van der Waals surface area (Å²) in [5, 5.41) is 26.3. The van der Waals surface area contributed by atoms with Gasteiger partial charge in [0.2, 0.25) is 0 Å². The number of hydrogen-bond acceptors (Lipinski definition) is 5. The highest BCUT2D eigenvalue weighted by atomic mass is 19.4. The molecule has 0 amide bonds. The predicted octanol–water partition coefficient (Wildman–Crippen LogP) is 2.00. The van der Waals surface area contributed by atoms with Crippen molar-refractivity contribution >= 4 is 5.69 Å². The Balaban J connectivity index is 2.70. The van der Waals surface area contributed by atoms with E-state index in [9.17, 15) is 23.3 Å². The van der Waals surface area contributed by atoms with Crippen LogP contribution in [-0.4, -0.2) is 25.0 Å². The third-order valence-electron chi connectivity index (χ3n) is 2.79. The van der Waals surface area contributed by atoms with Crippen molar-refractivity contribution in [3.8, 4) is 5.69 Å². The molecule has 0 fully saturated rings. The highest BCUT2D eigenvalue weighted by molar-refractivity contribution is 5.49. The quantitative estimate of drug-likeness (QED) is 0.691. The predicted molar refractivity (Wildman–Crippen MR) is 63.7 cm³/mol. The third-order valence-corrected chi connectivity index (χ3v) is 2.79. The van der Waals surface area contributed by atoms with Gasteiger partial charge in [-0.05, 0) is 12.5 Å². The van der Waals surface area contributed by atoms with E-state index in [1.54, 1.807) is 0 Å². The molecule has 0 aliphatic heterocycles. The van der Waals surface area contributed by atoms with Gasteiger partial charge in [-0.1, -0.05) is 11.3 Å². The van der Waals surface area contributed by atoms with Crippen molar-refractivity contribution in [2.45, 2.75) is 19.7 Å². The van der Waals surface area contributed by atoms with Gasteiger partial charge in [0, 0.05) is 12.1 Å². The Hall–Kier alpha value is -2.49. The number of aromatic nitrogens is 3. The van der Waals surface area contributed by atoms with Crippen LogP contribution >= 0.6 is 0 Å².